The average Bonchev–Trinajstić information content (AvgIpc) is 2.51. The van der Waals surface area contributed by atoms with Crippen molar-refractivity contribution in [1.29, 1.82) is 0 Å². The summed E-state index contributed by atoms with van der Waals surface area (Å²) in [6.07, 6.45) is 3.97. The zero-order chi connectivity index (χ0) is 15.2. The number of rotatable bonds is 5. The lowest BCUT2D eigenvalue weighted by atomic mass is 9.99. The minimum atomic E-state index is 0.194. The smallest absolute Gasteiger partial charge is 0.225 e. The summed E-state index contributed by atoms with van der Waals surface area (Å²) >= 11 is 0. The molecule has 1 aromatic rings. The van der Waals surface area contributed by atoms with Crippen LogP contribution in [0, 0.1) is 12.8 Å². The number of hydrogen-bond donors (Lipinski definition) is 0. The normalized spacial score (nSPS) is 16.3. The summed E-state index contributed by atoms with van der Waals surface area (Å²) in [6.45, 7) is 7.92. The van der Waals surface area contributed by atoms with Crippen LogP contribution in [0.25, 0.3) is 0 Å². The number of nitrogens with zero attached hydrogens (tertiary/aromatic N) is 1. The lowest BCUT2D eigenvalue weighted by Gasteiger charge is -2.34. The van der Waals surface area contributed by atoms with E-state index >= 15 is 0 Å². The van der Waals surface area contributed by atoms with Crippen LogP contribution in [0.1, 0.15) is 45.1 Å². The van der Waals surface area contributed by atoms with Crippen molar-refractivity contribution in [2.24, 2.45) is 5.92 Å². The third kappa shape index (κ3) is 4.23. The van der Waals surface area contributed by atoms with Gasteiger partial charge < -0.3 is 9.64 Å². The van der Waals surface area contributed by atoms with Gasteiger partial charge in [0.25, 0.3) is 0 Å². The van der Waals surface area contributed by atoms with Crippen molar-refractivity contribution in [3.05, 3.63) is 29.8 Å². The van der Waals surface area contributed by atoms with E-state index in [4.69, 9.17) is 4.74 Å². The molecule has 0 atom stereocenters. The zero-order valence-electron chi connectivity index (χ0n) is 13.5. The van der Waals surface area contributed by atoms with Gasteiger partial charge in [-0.3, -0.25) is 4.79 Å². The molecule has 0 bridgehead atoms. The number of hydrogen-bond acceptors (Lipinski definition) is 2. The molecule has 1 heterocycles. The number of likely N-dealkylation sites (tertiary alicyclic amines) is 1. The Balaban J connectivity index is 1.83. The topological polar surface area (TPSA) is 29.5 Å². The molecule has 0 aliphatic carbocycles. The molecule has 1 aromatic carbocycles. The highest BCUT2D eigenvalue weighted by molar-refractivity contribution is 5.78. The van der Waals surface area contributed by atoms with Gasteiger partial charge in [-0.2, -0.15) is 0 Å². The van der Waals surface area contributed by atoms with E-state index in [-0.39, 0.29) is 12.0 Å². The van der Waals surface area contributed by atoms with Crippen LogP contribution in [0.15, 0.2) is 24.3 Å². The lowest BCUT2D eigenvalue weighted by molar-refractivity contribution is -0.137. The summed E-state index contributed by atoms with van der Waals surface area (Å²) in [4.78, 5) is 14.4. The molecule has 0 unspecified atom stereocenters. The molecule has 3 nitrogen and oxygen atoms in total. The van der Waals surface area contributed by atoms with Gasteiger partial charge in [0.05, 0.1) is 0 Å². The third-order valence-corrected chi connectivity index (χ3v) is 4.41. The van der Waals surface area contributed by atoms with Crippen LogP contribution in [0.3, 0.4) is 0 Å². The number of carbonyl (C=O) groups excluding carboxylic acids is 1. The first kappa shape index (κ1) is 15.9. The Labute approximate surface area is 128 Å². The second-order valence-electron chi connectivity index (χ2n) is 5.97. The number of aryl methyl sites for hydroxylation is 1. The maximum absolute atomic E-state index is 12.3. The summed E-state index contributed by atoms with van der Waals surface area (Å²) in [5.74, 6) is 1.46. The van der Waals surface area contributed by atoms with Crippen LogP contribution >= 0.6 is 0 Å². The summed E-state index contributed by atoms with van der Waals surface area (Å²) in [5.41, 5.74) is 1.24. The number of amides is 1. The summed E-state index contributed by atoms with van der Waals surface area (Å²) in [7, 11) is 0. The van der Waals surface area contributed by atoms with Crippen molar-refractivity contribution in [3.63, 3.8) is 0 Å². The zero-order valence-corrected chi connectivity index (χ0v) is 13.5. The molecule has 1 fully saturated rings. The number of benzene rings is 1. The molecule has 0 spiro atoms. The van der Waals surface area contributed by atoms with Gasteiger partial charge in [0.15, 0.2) is 0 Å². The van der Waals surface area contributed by atoms with Crippen LogP contribution in [-0.2, 0) is 4.79 Å². The fourth-order valence-electron chi connectivity index (χ4n) is 2.90. The minimum Gasteiger partial charge on any atom is -0.490 e. The van der Waals surface area contributed by atoms with Crippen molar-refractivity contribution in [2.75, 3.05) is 13.1 Å². The average molecular weight is 289 g/mol. The van der Waals surface area contributed by atoms with Gasteiger partial charge in [0, 0.05) is 31.8 Å². The molecule has 1 amide bonds. The van der Waals surface area contributed by atoms with Gasteiger partial charge in [0.2, 0.25) is 5.91 Å². The van der Waals surface area contributed by atoms with Crippen molar-refractivity contribution < 1.29 is 9.53 Å². The van der Waals surface area contributed by atoms with Crippen LogP contribution in [-0.4, -0.2) is 30.0 Å². The van der Waals surface area contributed by atoms with Gasteiger partial charge in [-0.25, -0.2) is 0 Å². The van der Waals surface area contributed by atoms with E-state index in [0.717, 1.165) is 44.5 Å². The highest BCUT2D eigenvalue weighted by Crippen LogP contribution is 2.21. The fraction of sp³-hybridized carbons (Fsp3) is 0.611. The van der Waals surface area contributed by atoms with Gasteiger partial charge in [0.1, 0.15) is 11.9 Å². The number of piperidine rings is 1. The molecule has 116 valence electrons. The Kier molecular flexibility index (Phi) is 5.66. The van der Waals surface area contributed by atoms with E-state index in [1.165, 1.54) is 5.56 Å². The highest BCUT2D eigenvalue weighted by Gasteiger charge is 2.27. The predicted molar refractivity (Wildman–Crippen MR) is 85.5 cm³/mol. The Hall–Kier alpha value is -1.51. The highest BCUT2D eigenvalue weighted by atomic mass is 16.5. The largest absolute Gasteiger partial charge is 0.490 e. The molecule has 1 aliphatic heterocycles. The van der Waals surface area contributed by atoms with Crippen LogP contribution in [0.5, 0.6) is 5.75 Å². The van der Waals surface area contributed by atoms with E-state index in [1.807, 2.05) is 17.0 Å². The van der Waals surface area contributed by atoms with Gasteiger partial charge in [-0.05, 0) is 31.9 Å². The SMILES string of the molecule is CCC(CC)C(=O)N1CCC(Oc2ccc(C)cc2)CC1. The van der Waals surface area contributed by atoms with Crippen molar-refractivity contribution in [2.45, 2.75) is 52.6 Å². The van der Waals surface area contributed by atoms with Gasteiger partial charge in [-0.1, -0.05) is 31.5 Å². The van der Waals surface area contributed by atoms with Crippen LogP contribution < -0.4 is 4.74 Å². The maximum Gasteiger partial charge on any atom is 0.225 e. The first-order chi connectivity index (χ1) is 10.1. The molecular weight excluding hydrogens is 262 g/mol. The van der Waals surface area contributed by atoms with E-state index in [1.54, 1.807) is 0 Å². The fourth-order valence-corrected chi connectivity index (χ4v) is 2.90. The standard InChI is InChI=1S/C18H27NO2/c1-4-15(5-2)18(20)19-12-10-17(11-13-19)21-16-8-6-14(3)7-9-16/h6-9,15,17H,4-5,10-13H2,1-3H3. The molecule has 0 aromatic heterocycles. The number of ether oxygens (including phenoxy) is 1. The van der Waals surface area contributed by atoms with E-state index in [2.05, 4.69) is 32.9 Å². The second kappa shape index (κ2) is 7.48. The maximum atomic E-state index is 12.3. The molecule has 21 heavy (non-hydrogen) atoms. The molecule has 1 aliphatic rings. The lowest BCUT2D eigenvalue weighted by Crippen LogP contribution is -2.44. The molecule has 0 saturated carbocycles. The van der Waals surface area contributed by atoms with Crippen molar-refractivity contribution >= 4 is 5.91 Å². The van der Waals surface area contributed by atoms with E-state index in [0.29, 0.717) is 5.91 Å². The monoisotopic (exact) mass is 289 g/mol. The van der Waals surface area contributed by atoms with Crippen LogP contribution in [0.2, 0.25) is 0 Å². The van der Waals surface area contributed by atoms with Gasteiger partial charge >= 0.3 is 0 Å². The molecular formula is C18H27NO2. The Bertz CT molecular complexity index is 443. The third-order valence-electron chi connectivity index (χ3n) is 4.41. The van der Waals surface area contributed by atoms with Crippen molar-refractivity contribution in [3.8, 4) is 5.75 Å². The summed E-state index contributed by atoms with van der Waals surface area (Å²) in [5, 5.41) is 0. The molecule has 0 radical (unpaired) electrons. The minimum absolute atomic E-state index is 0.194. The summed E-state index contributed by atoms with van der Waals surface area (Å²) < 4.78 is 6.01. The van der Waals surface area contributed by atoms with Crippen molar-refractivity contribution in [1.82, 2.24) is 4.90 Å². The first-order valence-electron chi connectivity index (χ1n) is 8.16. The second-order valence-corrected chi connectivity index (χ2v) is 5.97. The molecule has 1 saturated heterocycles. The summed E-state index contributed by atoms with van der Waals surface area (Å²) in [6, 6.07) is 8.19. The van der Waals surface area contributed by atoms with E-state index < -0.39 is 0 Å². The Morgan fingerprint density at radius 2 is 1.76 bits per heavy atom. The predicted octanol–water partition coefficient (Wildman–Crippen LogP) is 3.80. The van der Waals surface area contributed by atoms with E-state index in [9.17, 15) is 4.79 Å². The Morgan fingerprint density at radius 1 is 1.19 bits per heavy atom. The molecule has 0 N–H and O–H groups in total. The van der Waals surface area contributed by atoms with Gasteiger partial charge in [-0.15, -0.1) is 0 Å². The van der Waals surface area contributed by atoms with Crippen LogP contribution in [0.4, 0.5) is 0 Å². The quantitative estimate of drug-likeness (QED) is 0.825. The number of carbonyl (C=O) groups is 1. The Morgan fingerprint density at radius 3 is 2.29 bits per heavy atom. The molecule has 2 rings (SSSR count). The molecule has 3 heteroatoms. The first-order valence-corrected chi connectivity index (χ1v) is 8.16.